The number of rotatable bonds is 16. The highest BCUT2D eigenvalue weighted by molar-refractivity contribution is 6.48. The third kappa shape index (κ3) is 8.05. The first kappa shape index (κ1) is 39.8. The minimum atomic E-state index is -0.792. The van der Waals surface area contributed by atoms with Crippen molar-refractivity contribution in [3.63, 3.8) is 0 Å². The molecule has 4 aliphatic rings. The Hall–Kier alpha value is -3.44. The van der Waals surface area contributed by atoms with Gasteiger partial charge in [0.15, 0.2) is 11.5 Å². The topological polar surface area (TPSA) is 116 Å². The molecule has 6 rings (SSSR count). The van der Waals surface area contributed by atoms with E-state index in [2.05, 4.69) is 76.5 Å². The van der Waals surface area contributed by atoms with Crippen LogP contribution in [0.3, 0.4) is 0 Å². The lowest BCUT2D eigenvalue weighted by Gasteiger charge is -2.64. The van der Waals surface area contributed by atoms with E-state index in [4.69, 9.17) is 23.5 Å². The van der Waals surface area contributed by atoms with Gasteiger partial charge in [-0.3, -0.25) is 9.59 Å². The average molecular weight is 720 g/mol. The molecule has 10 nitrogen and oxygen atoms in total. The highest BCUT2D eigenvalue weighted by atomic mass is 16.7. The lowest BCUT2D eigenvalue weighted by atomic mass is 9.43. The van der Waals surface area contributed by atoms with Crippen molar-refractivity contribution < 1.29 is 33.1 Å². The van der Waals surface area contributed by atoms with Crippen LogP contribution in [0.15, 0.2) is 36.4 Å². The molecule has 3 N–H and O–H groups in total. The van der Waals surface area contributed by atoms with Gasteiger partial charge in [0.1, 0.15) is 12.1 Å². The molecule has 0 aromatic heterocycles. The van der Waals surface area contributed by atoms with E-state index in [1.165, 1.54) is 0 Å². The Bertz CT molecular complexity index is 1560. The molecule has 2 aromatic carbocycles. The zero-order valence-electron chi connectivity index (χ0n) is 33.4. The maximum absolute atomic E-state index is 14.4. The molecule has 2 bridgehead atoms. The van der Waals surface area contributed by atoms with E-state index in [0.29, 0.717) is 53.8 Å². The zero-order chi connectivity index (χ0) is 38.1. The predicted molar refractivity (Wildman–Crippen MR) is 206 cm³/mol. The largest absolute Gasteiger partial charge is 0.493 e. The summed E-state index contributed by atoms with van der Waals surface area (Å²) < 4.78 is 30.2. The van der Waals surface area contributed by atoms with Gasteiger partial charge in [0.2, 0.25) is 17.6 Å². The van der Waals surface area contributed by atoms with Gasteiger partial charge >= 0.3 is 7.12 Å². The third-order valence-corrected chi connectivity index (χ3v) is 12.0. The zero-order valence-corrected chi connectivity index (χ0v) is 33.4. The number of anilines is 1. The highest BCUT2D eigenvalue weighted by Crippen LogP contribution is 2.65. The SMILES string of the molecule is COc1cc(C[C@H](Nc2cccc(C(C)C)c2)C(=O)N[C@H](C(=O)N[C@@H](CC(C)C)B2O[C@@H]3C[C@@H]4C[C@@H](C4(C)C)[C@]3(C)O2)C(C)C)cc(OC)c1OC. The van der Waals surface area contributed by atoms with Gasteiger partial charge in [-0.2, -0.15) is 0 Å². The quantitative estimate of drug-likeness (QED) is 0.162. The number of carbonyl (C=O) groups excluding carboxylic acids is 2. The summed E-state index contributed by atoms with van der Waals surface area (Å²) in [6.45, 7) is 19.3. The van der Waals surface area contributed by atoms with Crippen LogP contribution in [0.1, 0.15) is 98.6 Å². The van der Waals surface area contributed by atoms with E-state index in [0.717, 1.165) is 29.7 Å². The van der Waals surface area contributed by atoms with Crippen LogP contribution >= 0.6 is 0 Å². The normalized spacial score (nSPS) is 24.8. The summed E-state index contributed by atoms with van der Waals surface area (Å²) in [4.78, 5) is 28.6. The van der Waals surface area contributed by atoms with Gasteiger partial charge in [-0.1, -0.05) is 67.5 Å². The fraction of sp³-hybridized carbons (Fsp3) is 0.659. The van der Waals surface area contributed by atoms with Gasteiger partial charge in [-0.25, -0.2) is 0 Å². The molecule has 2 aromatic rings. The number of hydrogen-bond acceptors (Lipinski definition) is 8. The molecule has 3 saturated carbocycles. The van der Waals surface area contributed by atoms with Crippen molar-refractivity contribution in [3.05, 3.63) is 47.5 Å². The van der Waals surface area contributed by atoms with Gasteiger partial charge in [-0.05, 0) is 96.6 Å². The van der Waals surface area contributed by atoms with Gasteiger partial charge in [0.05, 0.1) is 39.0 Å². The first-order valence-electron chi connectivity index (χ1n) is 19.1. The van der Waals surface area contributed by atoms with Crippen molar-refractivity contribution in [2.24, 2.45) is 29.1 Å². The summed E-state index contributed by atoms with van der Waals surface area (Å²) in [5.41, 5.74) is 2.60. The molecule has 11 heteroatoms. The van der Waals surface area contributed by atoms with Gasteiger partial charge in [0, 0.05) is 12.1 Å². The van der Waals surface area contributed by atoms with Crippen LogP contribution in [0.2, 0.25) is 0 Å². The van der Waals surface area contributed by atoms with E-state index < -0.39 is 19.2 Å². The molecule has 7 atom stereocenters. The molecule has 1 aliphatic heterocycles. The summed E-state index contributed by atoms with van der Waals surface area (Å²) in [6, 6.07) is 10.3. The summed E-state index contributed by atoms with van der Waals surface area (Å²) in [7, 11) is 4.14. The van der Waals surface area contributed by atoms with Crippen molar-refractivity contribution in [2.45, 2.75) is 124 Å². The van der Waals surface area contributed by atoms with E-state index in [9.17, 15) is 9.59 Å². The second kappa shape index (κ2) is 15.9. The van der Waals surface area contributed by atoms with Crippen LogP contribution in [-0.4, -0.2) is 70.0 Å². The van der Waals surface area contributed by atoms with Crippen LogP contribution < -0.4 is 30.2 Å². The Labute approximate surface area is 311 Å². The molecular formula is C41H62BN3O7. The van der Waals surface area contributed by atoms with E-state index in [1.54, 1.807) is 21.3 Å². The van der Waals surface area contributed by atoms with Crippen LogP contribution in [-0.2, 0) is 25.3 Å². The second-order valence-corrected chi connectivity index (χ2v) is 17.0. The van der Waals surface area contributed by atoms with E-state index in [-0.39, 0.29) is 40.8 Å². The highest BCUT2D eigenvalue weighted by Gasteiger charge is 2.68. The van der Waals surface area contributed by atoms with E-state index in [1.807, 2.05) is 38.1 Å². The molecule has 286 valence electrons. The van der Waals surface area contributed by atoms with Gasteiger partial charge < -0.3 is 39.5 Å². The first-order valence-corrected chi connectivity index (χ1v) is 19.1. The molecule has 1 saturated heterocycles. The smallest absolute Gasteiger partial charge is 0.481 e. The summed E-state index contributed by atoms with van der Waals surface area (Å²) in [5, 5.41) is 9.88. The predicted octanol–water partition coefficient (Wildman–Crippen LogP) is 6.80. The third-order valence-electron chi connectivity index (χ3n) is 12.0. The minimum absolute atomic E-state index is 0.0117. The molecule has 1 heterocycles. The number of carbonyl (C=O) groups is 2. The Morgan fingerprint density at radius 1 is 0.904 bits per heavy atom. The Morgan fingerprint density at radius 3 is 2.13 bits per heavy atom. The van der Waals surface area contributed by atoms with Crippen LogP contribution in [0, 0.1) is 29.1 Å². The van der Waals surface area contributed by atoms with E-state index >= 15 is 0 Å². The van der Waals surface area contributed by atoms with Crippen molar-refractivity contribution >= 4 is 24.6 Å². The monoisotopic (exact) mass is 719 g/mol. The summed E-state index contributed by atoms with van der Waals surface area (Å²) in [6.07, 6.45) is 3.12. The number of benzene rings is 2. The fourth-order valence-corrected chi connectivity index (χ4v) is 8.77. The molecule has 0 radical (unpaired) electrons. The van der Waals surface area contributed by atoms with Gasteiger partial charge in [0.25, 0.3) is 0 Å². The lowest BCUT2D eigenvalue weighted by molar-refractivity contribution is -0.199. The fourth-order valence-electron chi connectivity index (χ4n) is 8.77. The van der Waals surface area contributed by atoms with Crippen molar-refractivity contribution in [3.8, 4) is 17.2 Å². The first-order chi connectivity index (χ1) is 24.5. The molecule has 3 aliphatic carbocycles. The standard InChI is InChI=1S/C41H62BN3O7/c1-23(2)16-35(42-51-34-22-28-21-33(40(28,7)8)41(34,9)52-42)44-39(47)36(25(5)6)45-38(46)30(43-29-15-13-14-27(20-29)24(3)4)17-26-18-31(48-10)37(50-12)32(19-26)49-11/h13-15,18-20,23-25,28,30,33-36,43H,16-17,21-22H2,1-12H3,(H,44,47)(H,45,46)/t28-,30-,33-,34+,35-,36-,41-/m0/s1. The Kier molecular flexibility index (Phi) is 12.2. The minimum Gasteiger partial charge on any atom is -0.493 e. The molecule has 4 fully saturated rings. The maximum atomic E-state index is 14.4. The Morgan fingerprint density at radius 2 is 1.58 bits per heavy atom. The number of amides is 2. The number of ether oxygens (including phenoxy) is 3. The van der Waals surface area contributed by atoms with Crippen LogP contribution in [0.25, 0.3) is 0 Å². The van der Waals surface area contributed by atoms with Crippen LogP contribution in [0.4, 0.5) is 5.69 Å². The van der Waals surface area contributed by atoms with Gasteiger partial charge in [-0.15, -0.1) is 0 Å². The molecule has 0 unspecified atom stereocenters. The Balaban J connectivity index is 1.38. The number of methoxy groups -OCH3 is 3. The molecule has 52 heavy (non-hydrogen) atoms. The summed E-state index contributed by atoms with van der Waals surface area (Å²) >= 11 is 0. The second-order valence-electron chi connectivity index (χ2n) is 17.0. The lowest BCUT2D eigenvalue weighted by Crippen LogP contribution is -2.65. The van der Waals surface area contributed by atoms with Crippen molar-refractivity contribution in [1.29, 1.82) is 0 Å². The molecule has 0 spiro atoms. The van der Waals surface area contributed by atoms with Crippen LogP contribution in [0.5, 0.6) is 17.2 Å². The van der Waals surface area contributed by atoms with Crippen molar-refractivity contribution in [1.82, 2.24) is 10.6 Å². The molecular weight excluding hydrogens is 657 g/mol. The average Bonchev–Trinajstić information content (AvgIpc) is 3.46. The maximum Gasteiger partial charge on any atom is 0.481 e. The number of hydrogen-bond donors (Lipinski definition) is 3. The number of nitrogens with one attached hydrogen (secondary N) is 3. The summed E-state index contributed by atoms with van der Waals surface area (Å²) in [5.74, 6) is 2.03. The van der Waals surface area contributed by atoms with Crippen molar-refractivity contribution in [2.75, 3.05) is 26.6 Å². The molecule has 2 amide bonds.